The zero-order valence-corrected chi connectivity index (χ0v) is 13.2. The highest BCUT2D eigenvalue weighted by Gasteiger charge is 2.22. The van der Waals surface area contributed by atoms with Crippen LogP contribution >= 0.6 is 0 Å². The van der Waals surface area contributed by atoms with Gasteiger partial charge in [-0.25, -0.2) is 4.98 Å². The Bertz CT molecular complexity index is 462. The van der Waals surface area contributed by atoms with Crippen LogP contribution in [0, 0.1) is 0 Å². The quantitative estimate of drug-likeness (QED) is 0.829. The second kappa shape index (κ2) is 8.34. The van der Waals surface area contributed by atoms with Gasteiger partial charge in [-0.15, -0.1) is 0 Å². The molecule has 1 rings (SSSR count). The molecular weight excluding hydrogens is 268 g/mol. The fraction of sp³-hybridized carbons (Fsp3) is 0.600. The minimum Gasteiger partial charge on any atom is -0.354 e. The first-order chi connectivity index (χ1) is 9.95. The molecule has 0 bridgehead atoms. The van der Waals surface area contributed by atoms with Crippen molar-refractivity contribution in [2.45, 2.75) is 52.6 Å². The van der Waals surface area contributed by atoms with Gasteiger partial charge in [0.15, 0.2) is 0 Å². The Morgan fingerprint density at radius 3 is 2.52 bits per heavy atom. The summed E-state index contributed by atoms with van der Waals surface area (Å²) in [7, 11) is 0. The van der Waals surface area contributed by atoms with Gasteiger partial charge in [-0.1, -0.05) is 6.92 Å². The maximum atomic E-state index is 12.5. The van der Waals surface area contributed by atoms with Crippen molar-refractivity contribution in [3.8, 4) is 0 Å². The topological polar surface area (TPSA) is 75.2 Å². The molecule has 0 fully saturated rings. The van der Waals surface area contributed by atoms with Gasteiger partial charge >= 0.3 is 0 Å². The number of carbonyl (C=O) groups excluding carboxylic acids is 2. The predicted octanol–water partition coefficient (Wildman–Crippen LogP) is 1.63. The van der Waals surface area contributed by atoms with E-state index in [4.69, 9.17) is 0 Å². The van der Waals surface area contributed by atoms with Gasteiger partial charge < -0.3 is 10.2 Å². The second-order valence-corrected chi connectivity index (χ2v) is 5.32. The van der Waals surface area contributed by atoms with Gasteiger partial charge in [0.1, 0.15) is 5.69 Å². The van der Waals surface area contributed by atoms with Gasteiger partial charge in [-0.3, -0.25) is 14.6 Å². The molecule has 0 radical (unpaired) electrons. The summed E-state index contributed by atoms with van der Waals surface area (Å²) in [5.41, 5.74) is 0.307. The lowest BCUT2D eigenvalue weighted by Gasteiger charge is -2.28. The van der Waals surface area contributed by atoms with Gasteiger partial charge in [-0.2, -0.15) is 0 Å². The minimum atomic E-state index is -0.185. The molecule has 0 aliphatic carbocycles. The zero-order chi connectivity index (χ0) is 15.8. The SMILES string of the molecule is CCC(C)N(CCC(=O)NC(C)C)C(=O)c1cnccn1. The average Bonchev–Trinajstić information content (AvgIpc) is 2.47. The molecule has 1 atom stereocenters. The van der Waals surface area contributed by atoms with Gasteiger partial charge in [0.2, 0.25) is 5.91 Å². The van der Waals surface area contributed by atoms with E-state index in [1.54, 1.807) is 4.90 Å². The zero-order valence-electron chi connectivity index (χ0n) is 13.2. The molecule has 21 heavy (non-hydrogen) atoms. The fourth-order valence-corrected chi connectivity index (χ4v) is 1.92. The maximum absolute atomic E-state index is 12.5. The van der Waals surface area contributed by atoms with E-state index in [0.717, 1.165) is 6.42 Å². The summed E-state index contributed by atoms with van der Waals surface area (Å²) in [5.74, 6) is -0.236. The Morgan fingerprint density at radius 2 is 2.00 bits per heavy atom. The van der Waals surface area contributed by atoms with Crippen LogP contribution in [0.25, 0.3) is 0 Å². The highest BCUT2D eigenvalue weighted by molar-refractivity contribution is 5.92. The van der Waals surface area contributed by atoms with Crippen LogP contribution < -0.4 is 5.32 Å². The summed E-state index contributed by atoms with van der Waals surface area (Å²) in [6, 6.07) is 0.150. The molecule has 0 spiro atoms. The van der Waals surface area contributed by atoms with Crippen molar-refractivity contribution in [1.82, 2.24) is 20.2 Å². The van der Waals surface area contributed by atoms with E-state index in [1.165, 1.54) is 18.6 Å². The first kappa shape index (κ1) is 17.1. The number of hydrogen-bond acceptors (Lipinski definition) is 4. The number of carbonyl (C=O) groups is 2. The molecule has 1 N–H and O–H groups in total. The van der Waals surface area contributed by atoms with Crippen LogP contribution in [0.4, 0.5) is 0 Å². The van der Waals surface area contributed by atoms with Crippen LogP contribution in [0.15, 0.2) is 18.6 Å². The Hall–Kier alpha value is -1.98. The van der Waals surface area contributed by atoms with Crippen molar-refractivity contribution in [2.75, 3.05) is 6.54 Å². The van der Waals surface area contributed by atoms with E-state index in [2.05, 4.69) is 15.3 Å². The maximum Gasteiger partial charge on any atom is 0.274 e. The Balaban J connectivity index is 2.73. The number of nitrogens with one attached hydrogen (secondary N) is 1. The summed E-state index contributed by atoms with van der Waals surface area (Å²) in [4.78, 5) is 33.9. The number of rotatable bonds is 7. The molecule has 116 valence electrons. The molecule has 0 aromatic carbocycles. The predicted molar refractivity (Wildman–Crippen MR) is 80.7 cm³/mol. The van der Waals surface area contributed by atoms with E-state index in [-0.39, 0.29) is 30.3 Å². The molecule has 2 amide bonds. The highest BCUT2D eigenvalue weighted by atomic mass is 16.2. The standard InChI is InChI=1S/C15H24N4O2/c1-5-12(4)19(9-6-14(20)18-11(2)3)15(21)13-10-16-7-8-17-13/h7-8,10-12H,5-6,9H2,1-4H3,(H,18,20). The van der Waals surface area contributed by atoms with Gasteiger partial charge in [0.05, 0.1) is 6.20 Å². The van der Waals surface area contributed by atoms with Crippen LogP contribution in [-0.2, 0) is 4.79 Å². The van der Waals surface area contributed by atoms with E-state index >= 15 is 0 Å². The molecule has 0 saturated carbocycles. The first-order valence-corrected chi connectivity index (χ1v) is 7.32. The average molecular weight is 292 g/mol. The summed E-state index contributed by atoms with van der Waals surface area (Å²) in [5, 5.41) is 2.83. The van der Waals surface area contributed by atoms with Crippen molar-refractivity contribution in [3.63, 3.8) is 0 Å². The van der Waals surface area contributed by atoms with Gasteiger partial charge in [0, 0.05) is 37.4 Å². The highest BCUT2D eigenvalue weighted by Crippen LogP contribution is 2.09. The number of hydrogen-bond donors (Lipinski definition) is 1. The molecule has 1 aromatic rings. The van der Waals surface area contributed by atoms with Crippen molar-refractivity contribution < 1.29 is 9.59 Å². The largest absolute Gasteiger partial charge is 0.354 e. The van der Waals surface area contributed by atoms with Crippen LogP contribution in [0.5, 0.6) is 0 Å². The summed E-state index contributed by atoms with van der Waals surface area (Å²) in [6.07, 6.45) is 5.58. The summed E-state index contributed by atoms with van der Waals surface area (Å²) in [6.45, 7) is 8.18. The third-order valence-corrected chi connectivity index (χ3v) is 3.20. The van der Waals surface area contributed by atoms with Crippen LogP contribution in [0.1, 0.15) is 51.0 Å². The van der Waals surface area contributed by atoms with Crippen molar-refractivity contribution in [2.24, 2.45) is 0 Å². The van der Waals surface area contributed by atoms with Gasteiger partial charge in [0.25, 0.3) is 5.91 Å². The third kappa shape index (κ3) is 5.49. The molecular formula is C15H24N4O2. The molecule has 0 saturated heterocycles. The van der Waals surface area contributed by atoms with E-state index in [1.807, 2.05) is 27.7 Å². The van der Waals surface area contributed by atoms with Crippen molar-refractivity contribution >= 4 is 11.8 Å². The van der Waals surface area contributed by atoms with E-state index in [9.17, 15) is 9.59 Å². The molecule has 1 unspecified atom stereocenters. The Morgan fingerprint density at radius 1 is 1.29 bits per heavy atom. The minimum absolute atomic E-state index is 0.0476. The summed E-state index contributed by atoms with van der Waals surface area (Å²) < 4.78 is 0. The number of aromatic nitrogens is 2. The normalized spacial score (nSPS) is 12.0. The van der Waals surface area contributed by atoms with Crippen molar-refractivity contribution in [3.05, 3.63) is 24.3 Å². The number of nitrogens with zero attached hydrogens (tertiary/aromatic N) is 3. The van der Waals surface area contributed by atoms with Crippen molar-refractivity contribution in [1.29, 1.82) is 0 Å². The van der Waals surface area contributed by atoms with Crippen LogP contribution in [0.2, 0.25) is 0 Å². The lowest BCUT2D eigenvalue weighted by Crippen LogP contribution is -2.42. The smallest absolute Gasteiger partial charge is 0.274 e. The number of amides is 2. The lowest BCUT2D eigenvalue weighted by molar-refractivity contribution is -0.121. The van der Waals surface area contributed by atoms with E-state index < -0.39 is 0 Å². The third-order valence-electron chi connectivity index (χ3n) is 3.20. The monoisotopic (exact) mass is 292 g/mol. The molecule has 6 heteroatoms. The molecule has 1 heterocycles. The Kier molecular flexibility index (Phi) is 6.78. The molecule has 0 aliphatic heterocycles. The van der Waals surface area contributed by atoms with Gasteiger partial charge in [-0.05, 0) is 27.2 Å². The molecule has 0 aliphatic rings. The second-order valence-electron chi connectivity index (χ2n) is 5.32. The van der Waals surface area contributed by atoms with Crippen LogP contribution in [0.3, 0.4) is 0 Å². The van der Waals surface area contributed by atoms with E-state index in [0.29, 0.717) is 12.2 Å². The summed E-state index contributed by atoms with van der Waals surface area (Å²) >= 11 is 0. The molecule has 1 aromatic heterocycles. The first-order valence-electron chi connectivity index (χ1n) is 7.32. The molecule has 6 nitrogen and oxygen atoms in total. The lowest BCUT2D eigenvalue weighted by atomic mass is 10.2. The Labute approximate surface area is 126 Å². The van der Waals surface area contributed by atoms with Crippen LogP contribution in [-0.4, -0.2) is 45.3 Å². The fourth-order valence-electron chi connectivity index (χ4n) is 1.92.